The molecule has 0 saturated heterocycles. The minimum absolute atomic E-state index is 0.309. The van der Waals surface area contributed by atoms with Crippen molar-refractivity contribution in [2.24, 2.45) is 0 Å². The van der Waals surface area contributed by atoms with E-state index < -0.39 is 6.03 Å². The molecule has 2 aromatic rings. The van der Waals surface area contributed by atoms with Crippen LogP contribution < -0.4 is 10.6 Å². The molecular formula is C10H11N5O2. The first-order valence-corrected chi connectivity index (χ1v) is 5.01. The summed E-state index contributed by atoms with van der Waals surface area (Å²) in [7, 11) is 0. The van der Waals surface area contributed by atoms with Gasteiger partial charge in [0.1, 0.15) is 0 Å². The topological polar surface area (TPSA) is 88.4 Å². The van der Waals surface area contributed by atoms with Gasteiger partial charge in [0.05, 0.1) is 11.7 Å². The Morgan fingerprint density at radius 3 is 3.12 bits per heavy atom. The van der Waals surface area contributed by atoms with Crippen LogP contribution in [0.3, 0.4) is 0 Å². The summed E-state index contributed by atoms with van der Waals surface area (Å²) >= 11 is 0. The van der Waals surface area contributed by atoms with E-state index in [0.29, 0.717) is 17.9 Å². The van der Waals surface area contributed by atoms with Crippen molar-refractivity contribution in [2.75, 3.05) is 0 Å². The Morgan fingerprint density at radius 2 is 2.41 bits per heavy atom. The first-order valence-electron chi connectivity index (χ1n) is 5.01. The van der Waals surface area contributed by atoms with Crippen LogP contribution in [0, 0.1) is 0 Å². The number of urea groups is 1. The summed E-state index contributed by atoms with van der Waals surface area (Å²) in [6, 6.07) is 0.921. The molecule has 3 amide bonds. The maximum atomic E-state index is 11.1. The molecule has 0 aliphatic rings. The number of nitrogens with zero attached hydrogens (tertiary/aromatic N) is 3. The van der Waals surface area contributed by atoms with E-state index >= 15 is 0 Å². The van der Waals surface area contributed by atoms with Crippen molar-refractivity contribution in [3.8, 4) is 0 Å². The van der Waals surface area contributed by atoms with E-state index in [1.165, 1.54) is 0 Å². The number of imide groups is 1. The number of nitrogens with one attached hydrogen (secondary N) is 2. The van der Waals surface area contributed by atoms with Gasteiger partial charge in [-0.25, -0.2) is 14.8 Å². The number of imidazole rings is 1. The fraction of sp³-hybridized carbons (Fsp3) is 0.200. The summed E-state index contributed by atoms with van der Waals surface area (Å²) in [4.78, 5) is 29.5. The van der Waals surface area contributed by atoms with Crippen LogP contribution in [-0.4, -0.2) is 26.8 Å². The molecule has 2 aromatic heterocycles. The molecule has 0 bridgehead atoms. The van der Waals surface area contributed by atoms with Crippen LogP contribution in [0.25, 0.3) is 5.78 Å². The fourth-order valence-electron chi connectivity index (χ4n) is 1.42. The molecule has 2 rings (SSSR count). The molecule has 0 radical (unpaired) electrons. The smallest absolute Gasteiger partial charge is 0.321 e. The van der Waals surface area contributed by atoms with Crippen LogP contribution >= 0.6 is 0 Å². The highest BCUT2D eigenvalue weighted by molar-refractivity contribution is 5.84. The highest BCUT2D eigenvalue weighted by Crippen LogP contribution is 2.11. The third-order valence-electron chi connectivity index (χ3n) is 2.24. The van der Waals surface area contributed by atoms with Gasteiger partial charge in [-0.05, 0) is 13.0 Å². The molecule has 7 nitrogen and oxygen atoms in total. The number of rotatable bonds is 3. The minimum atomic E-state index is -0.558. The van der Waals surface area contributed by atoms with Crippen LogP contribution in [0.4, 0.5) is 4.79 Å². The van der Waals surface area contributed by atoms with Gasteiger partial charge in [0.25, 0.3) is 0 Å². The lowest BCUT2D eigenvalue weighted by atomic mass is 10.2. The first kappa shape index (κ1) is 11.1. The number of aromatic nitrogens is 3. The van der Waals surface area contributed by atoms with E-state index in [1.807, 2.05) is 11.5 Å². The van der Waals surface area contributed by atoms with Gasteiger partial charge in [0.15, 0.2) is 0 Å². The number of carbonyl (C=O) groups is 2. The van der Waals surface area contributed by atoms with Gasteiger partial charge >= 0.3 is 6.03 Å². The molecule has 0 spiro atoms. The van der Waals surface area contributed by atoms with E-state index in [9.17, 15) is 9.59 Å². The van der Waals surface area contributed by atoms with Crippen LogP contribution in [0.15, 0.2) is 24.7 Å². The van der Waals surface area contributed by atoms with Gasteiger partial charge in [0, 0.05) is 18.6 Å². The second-order valence-corrected chi connectivity index (χ2v) is 3.45. The molecule has 0 aliphatic carbocycles. The Labute approximate surface area is 96.9 Å². The number of carbonyl (C=O) groups excluding carboxylic acids is 2. The van der Waals surface area contributed by atoms with Gasteiger partial charge in [-0.2, -0.15) is 0 Å². The highest BCUT2D eigenvalue weighted by Gasteiger charge is 2.12. The average Bonchev–Trinajstić information content (AvgIpc) is 2.72. The molecule has 7 heteroatoms. The lowest BCUT2D eigenvalue weighted by molar-refractivity contribution is -0.108. The first-order chi connectivity index (χ1) is 8.20. The van der Waals surface area contributed by atoms with Crippen molar-refractivity contribution >= 4 is 18.2 Å². The van der Waals surface area contributed by atoms with E-state index in [0.717, 1.165) is 0 Å². The molecule has 0 aromatic carbocycles. The van der Waals surface area contributed by atoms with Crippen LogP contribution in [0.1, 0.15) is 18.7 Å². The Kier molecular flexibility index (Phi) is 2.99. The van der Waals surface area contributed by atoms with Crippen molar-refractivity contribution in [3.63, 3.8) is 0 Å². The largest absolute Gasteiger partial charge is 0.330 e. The second-order valence-electron chi connectivity index (χ2n) is 3.45. The monoisotopic (exact) mass is 233 g/mol. The summed E-state index contributed by atoms with van der Waals surface area (Å²) in [5.41, 5.74) is 0.671. The molecule has 88 valence electrons. The van der Waals surface area contributed by atoms with E-state index in [1.54, 1.807) is 29.8 Å². The van der Waals surface area contributed by atoms with Crippen LogP contribution in [0.5, 0.6) is 0 Å². The Hall–Kier alpha value is -2.44. The van der Waals surface area contributed by atoms with Crippen molar-refractivity contribution in [3.05, 3.63) is 30.4 Å². The highest BCUT2D eigenvalue weighted by atomic mass is 16.2. The number of hydrogen-bond acceptors (Lipinski definition) is 4. The summed E-state index contributed by atoms with van der Waals surface area (Å²) < 4.78 is 1.76. The maximum Gasteiger partial charge on any atom is 0.321 e. The van der Waals surface area contributed by atoms with Gasteiger partial charge in [-0.3, -0.25) is 14.5 Å². The molecule has 2 heterocycles. The molecule has 1 unspecified atom stereocenters. The summed E-state index contributed by atoms with van der Waals surface area (Å²) in [6.07, 6.45) is 5.56. The number of amides is 3. The summed E-state index contributed by atoms with van der Waals surface area (Å²) in [5, 5.41) is 4.57. The molecular weight excluding hydrogens is 222 g/mol. The van der Waals surface area contributed by atoms with Crippen LogP contribution in [-0.2, 0) is 4.79 Å². The van der Waals surface area contributed by atoms with E-state index in [2.05, 4.69) is 15.3 Å². The average molecular weight is 233 g/mol. The molecule has 0 fully saturated rings. The van der Waals surface area contributed by atoms with Gasteiger partial charge < -0.3 is 5.32 Å². The van der Waals surface area contributed by atoms with E-state index in [-0.39, 0.29) is 6.04 Å². The number of fused-ring (bicyclic) bond motifs is 1. The second kappa shape index (κ2) is 4.60. The SMILES string of the molecule is CC(NC(=O)NC=O)c1cn2cccnc2n1. The molecule has 0 saturated carbocycles. The quantitative estimate of drug-likeness (QED) is 0.743. The third-order valence-corrected chi connectivity index (χ3v) is 2.24. The standard InChI is InChI=1S/C10H11N5O2/c1-7(13-10(17)12-6-16)8-5-15-4-2-3-11-9(15)14-8/h2-7H,1H3,(H2,12,13,16,17). The van der Waals surface area contributed by atoms with Gasteiger partial charge in [0.2, 0.25) is 12.2 Å². The van der Waals surface area contributed by atoms with Gasteiger partial charge in [-0.15, -0.1) is 0 Å². The third kappa shape index (κ3) is 2.39. The molecule has 2 N–H and O–H groups in total. The fourth-order valence-corrected chi connectivity index (χ4v) is 1.42. The van der Waals surface area contributed by atoms with Crippen LogP contribution in [0.2, 0.25) is 0 Å². The Morgan fingerprint density at radius 1 is 1.59 bits per heavy atom. The molecule has 1 atom stereocenters. The lowest BCUT2D eigenvalue weighted by Gasteiger charge is -2.09. The molecule has 17 heavy (non-hydrogen) atoms. The predicted molar refractivity (Wildman–Crippen MR) is 59.1 cm³/mol. The Bertz CT molecular complexity index is 517. The van der Waals surface area contributed by atoms with Crippen molar-refractivity contribution in [1.82, 2.24) is 25.0 Å². The van der Waals surface area contributed by atoms with Crippen molar-refractivity contribution in [2.45, 2.75) is 13.0 Å². The van der Waals surface area contributed by atoms with Crippen molar-refractivity contribution in [1.29, 1.82) is 0 Å². The lowest BCUT2D eigenvalue weighted by Crippen LogP contribution is -2.36. The van der Waals surface area contributed by atoms with E-state index in [4.69, 9.17) is 0 Å². The normalized spacial score (nSPS) is 12.1. The maximum absolute atomic E-state index is 11.1. The number of hydrogen-bond donors (Lipinski definition) is 2. The summed E-state index contributed by atoms with van der Waals surface area (Å²) in [6.45, 7) is 1.77. The predicted octanol–water partition coefficient (Wildman–Crippen LogP) is 0.246. The Balaban J connectivity index is 2.16. The zero-order chi connectivity index (χ0) is 12.3. The summed E-state index contributed by atoms with van der Waals surface area (Å²) in [5.74, 6) is 0.562. The zero-order valence-corrected chi connectivity index (χ0v) is 9.12. The van der Waals surface area contributed by atoms with Crippen molar-refractivity contribution < 1.29 is 9.59 Å². The minimum Gasteiger partial charge on any atom is -0.330 e. The zero-order valence-electron chi connectivity index (χ0n) is 9.12. The molecule has 0 aliphatic heterocycles. The van der Waals surface area contributed by atoms with Gasteiger partial charge in [-0.1, -0.05) is 0 Å².